The van der Waals surface area contributed by atoms with E-state index >= 15 is 0 Å². The lowest BCUT2D eigenvalue weighted by Crippen LogP contribution is -2.22. The van der Waals surface area contributed by atoms with Crippen LogP contribution in [0.25, 0.3) is 0 Å². The van der Waals surface area contributed by atoms with E-state index < -0.39 is 22.6 Å². The molecule has 0 saturated heterocycles. The van der Waals surface area contributed by atoms with Crippen molar-refractivity contribution in [2.75, 3.05) is 12.5 Å². The maximum Gasteiger partial charge on any atom is 0.278 e. The fourth-order valence-electron chi connectivity index (χ4n) is 0.447. The smallest absolute Gasteiger partial charge is 0.278 e. The summed E-state index contributed by atoms with van der Waals surface area (Å²) < 4.78 is 0. The van der Waals surface area contributed by atoms with Crippen LogP contribution in [0.3, 0.4) is 0 Å². The van der Waals surface area contributed by atoms with Crippen molar-refractivity contribution in [3.05, 3.63) is 0 Å². The van der Waals surface area contributed by atoms with Crippen LogP contribution in [0, 0.1) is 0 Å². The summed E-state index contributed by atoms with van der Waals surface area (Å²) in [7, 11) is 0. The number of Topliss-reactive ketones (excluding diaryl/α,β-unsaturated/α-hetero) is 2. The zero-order valence-electron chi connectivity index (χ0n) is 7.25. The van der Waals surface area contributed by atoms with Gasteiger partial charge in [0.15, 0.2) is 12.4 Å². The Kier molecular flexibility index (Phi) is 6.07. The number of alkyl halides is 1. The second-order valence-corrected chi connectivity index (χ2v) is 2.86. The average molecular weight is 240 g/mol. The van der Waals surface area contributed by atoms with Crippen molar-refractivity contribution >= 4 is 45.7 Å². The van der Waals surface area contributed by atoms with Crippen LogP contribution in [0.2, 0.25) is 0 Å². The van der Waals surface area contributed by atoms with Crippen molar-refractivity contribution in [2.45, 2.75) is 6.92 Å². The molecule has 0 amide bonds. The zero-order chi connectivity index (χ0) is 11.1. The first-order chi connectivity index (χ1) is 6.49. The summed E-state index contributed by atoms with van der Waals surface area (Å²) in [5.41, 5.74) is -0.608. The topological polar surface area (TPSA) is 72.8 Å². The molecule has 7 heteroatoms. The summed E-state index contributed by atoms with van der Waals surface area (Å²) in [6.07, 6.45) is 0. The standard InChI is InChI=1S/C7H7Cl2NO4/c1-4(11)3-14-10-6(7(9)13)5(12)2-8/h2-3H2,1H3/b10-6-. The predicted octanol–water partition coefficient (Wildman–Crippen LogP) is 0.521. The highest BCUT2D eigenvalue weighted by atomic mass is 35.5. The van der Waals surface area contributed by atoms with Gasteiger partial charge in [0.2, 0.25) is 11.5 Å². The molecule has 0 saturated carbocycles. The Hall–Kier alpha value is -0.940. The first-order valence-corrected chi connectivity index (χ1v) is 4.38. The van der Waals surface area contributed by atoms with Crippen molar-refractivity contribution in [3.63, 3.8) is 0 Å². The van der Waals surface area contributed by atoms with Crippen LogP contribution in [-0.2, 0) is 19.2 Å². The number of hydrogen-bond acceptors (Lipinski definition) is 5. The number of hydrogen-bond donors (Lipinski definition) is 0. The van der Waals surface area contributed by atoms with Gasteiger partial charge < -0.3 is 4.84 Å². The second kappa shape index (κ2) is 6.50. The third kappa shape index (κ3) is 4.94. The van der Waals surface area contributed by atoms with E-state index in [1.807, 2.05) is 0 Å². The Morgan fingerprint density at radius 1 is 1.36 bits per heavy atom. The van der Waals surface area contributed by atoms with Crippen molar-refractivity contribution in [2.24, 2.45) is 5.16 Å². The van der Waals surface area contributed by atoms with E-state index in [4.69, 9.17) is 23.2 Å². The largest absolute Gasteiger partial charge is 0.387 e. The molecule has 0 rings (SSSR count). The summed E-state index contributed by atoms with van der Waals surface area (Å²) in [5, 5.41) is 2.04. The molecule has 0 heterocycles. The molecule has 0 unspecified atom stereocenters. The third-order valence-electron chi connectivity index (χ3n) is 0.995. The molecule has 0 radical (unpaired) electrons. The fraction of sp³-hybridized carbons (Fsp3) is 0.429. The highest BCUT2D eigenvalue weighted by molar-refractivity contribution is 6.91. The number of carbonyl (C=O) groups is 3. The van der Waals surface area contributed by atoms with Gasteiger partial charge in [-0.3, -0.25) is 14.4 Å². The number of oxime groups is 1. The van der Waals surface area contributed by atoms with Crippen molar-refractivity contribution in [1.82, 2.24) is 0 Å². The van der Waals surface area contributed by atoms with Gasteiger partial charge in [0.25, 0.3) is 5.24 Å². The highest BCUT2D eigenvalue weighted by Crippen LogP contribution is 1.94. The van der Waals surface area contributed by atoms with Gasteiger partial charge in [0.05, 0.1) is 5.88 Å². The minimum Gasteiger partial charge on any atom is -0.387 e. The number of nitrogens with zero attached hydrogens (tertiary/aromatic N) is 1. The molecule has 0 aromatic rings. The molecular weight excluding hydrogens is 233 g/mol. The normalized spacial score (nSPS) is 10.9. The highest BCUT2D eigenvalue weighted by Gasteiger charge is 2.18. The maximum absolute atomic E-state index is 10.9. The van der Waals surface area contributed by atoms with E-state index in [1.165, 1.54) is 6.92 Å². The van der Waals surface area contributed by atoms with Crippen molar-refractivity contribution < 1.29 is 19.2 Å². The fourth-order valence-corrected chi connectivity index (χ4v) is 0.714. The second-order valence-electron chi connectivity index (χ2n) is 2.25. The number of ketones is 2. The molecular formula is C7H7Cl2NO4. The molecule has 0 aromatic carbocycles. The third-order valence-corrected chi connectivity index (χ3v) is 1.42. The van der Waals surface area contributed by atoms with Gasteiger partial charge in [0, 0.05) is 0 Å². The summed E-state index contributed by atoms with van der Waals surface area (Å²) in [6.45, 7) is 0.935. The molecule has 0 aliphatic heterocycles. The lowest BCUT2D eigenvalue weighted by molar-refractivity contribution is -0.122. The van der Waals surface area contributed by atoms with Crippen LogP contribution in [0.4, 0.5) is 0 Å². The van der Waals surface area contributed by atoms with Gasteiger partial charge in [-0.1, -0.05) is 5.16 Å². The van der Waals surface area contributed by atoms with Crippen molar-refractivity contribution in [3.8, 4) is 0 Å². The van der Waals surface area contributed by atoms with Gasteiger partial charge in [-0.25, -0.2) is 0 Å². The predicted molar refractivity (Wildman–Crippen MR) is 50.7 cm³/mol. The molecule has 0 aromatic heterocycles. The molecule has 0 aliphatic rings. The summed E-state index contributed by atoms with van der Waals surface area (Å²) >= 11 is 10.2. The minimum atomic E-state index is -1.07. The molecule has 0 atom stereocenters. The Balaban J connectivity index is 4.42. The number of carbonyl (C=O) groups excluding carboxylic acids is 3. The Morgan fingerprint density at radius 3 is 2.29 bits per heavy atom. The quantitative estimate of drug-likeness (QED) is 0.223. The Bertz CT molecular complexity index is 287. The SMILES string of the molecule is CC(=O)CO/N=C(\C(=O)Cl)C(=O)CCl. The van der Waals surface area contributed by atoms with Gasteiger partial charge in [-0.05, 0) is 18.5 Å². The summed E-state index contributed by atoms with van der Waals surface area (Å²) in [6, 6.07) is 0. The van der Waals surface area contributed by atoms with E-state index in [0.717, 1.165) is 0 Å². The minimum absolute atomic E-state index is 0.298. The van der Waals surface area contributed by atoms with Crippen LogP contribution in [0.15, 0.2) is 5.16 Å². The van der Waals surface area contributed by atoms with Crippen LogP contribution < -0.4 is 0 Å². The van der Waals surface area contributed by atoms with Gasteiger partial charge in [0.1, 0.15) is 0 Å². The monoisotopic (exact) mass is 239 g/mol. The van der Waals surface area contributed by atoms with Crippen LogP contribution in [0.5, 0.6) is 0 Å². The summed E-state index contributed by atoms with van der Waals surface area (Å²) in [5.74, 6) is -1.48. The van der Waals surface area contributed by atoms with E-state index in [2.05, 4.69) is 9.99 Å². The molecule has 14 heavy (non-hydrogen) atoms. The van der Waals surface area contributed by atoms with E-state index in [9.17, 15) is 14.4 Å². The van der Waals surface area contributed by atoms with Gasteiger partial charge >= 0.3 is 0 Å². The zero-order valence-corrected chi connectivity index (χ0v) is 8.76. The Labute approximate surface area is 90.0 Å². The molecule has 78 valence electrons. The number of rotatable bonds is 6. The van der Waals surface area contributed by atoms with Crippen LogP contribution in [-0.4, -0.2) is 35.0 Å². The lowest BCUT2D eigenvalue weighted by Gasteiger charge is -1.97. The molecule has 0 N–H and O–H groups in total. The molecule has 0 fully saturated rings. The van der Waals surface area contributed by atoms with Gasteiger partial charge in [-0.15, -0.1) is 11.6 Å². The Morgan fingerprint density at radius 2 is 1.93 bits per heavy atom. The first kappa shape index (κ1) is 13.1. The van der Waals surface area contributed by atoms with E-state index in [1.54, 1.807) is 0 Å². The van der Waals surface area contributed by atoms with Crippen LogP contribution >= 0.6 is 23.2 Å². The average Bonchev–Trinajstić information content (AvgIpc) is 2.10. The van der Waals surface area contributed by atoms with Gasteiger partial charge in [-0.2, -0.15) is 0 Å². The first-order valence-electron chi connectivity index (χ1n) is 3.47. The van der Waals surface area contributed by atoms with E-state index in [-0.39, 0.29) is 12.4 Å². The summed E-state index contributed by atoms with van der Waals surface area (Å²) in [4.78, 5) is 36.3. The molecule has 0 aliphatic carbocycles. The molecule has 0 spiro atoms. The maximum atomic E-state index is 10.9. The molecule has 0 bridgehead atoms. The van der Waals surface area contributed by atoms with E-state index in [0.29, 0.717) is 0 Å². The van der Waals surface area contributed by atoms with Crippen molar-refractivity contribution in [1.29, 1.82) is 0 Å². The van der Waals surface area contributed by atoms with Crippen LogP contribution in [0.1, 0.15) is 6.92 Å². The lowest BCUT2D eigenvalue weighted by atomic mass is 10.3. The molecule has 5 nitrogen and oxygen atoms in total. The number of halogens is 2.